The molecule has 2 saturated heterocycles. The van der Waals surface area contributed by atoms with Crippen LogP contribution in [0.15, 0.2) is 48.5 Å². The highest BCUT2D eigenvalue weighted by molar-refractivity contribution is 5.94. The lowest BCUT2D eigenvalue weighted by atomic mass is 9.98. The number of hydrogen-bond acceptors (Lipinski definition) is 3. The number of hydrogen-bond donors (Lipinski definition) is 0. The van der Waals surface area contributed by atoms with Gasteiger partial charge in [0.2, 0.25) is 0 Å². The molecule has 2 aliphatic rings. The number of rotatable bonds is 4. The third kappa shape index (κ3) is 4.71. The van der Waals surface area contributed by atoms with E-state index < -0.39 is 0 Å². The van der Waals surface area contributed by atoms with E-state index >= 15 is 0 Å². The summed E-state index contributed by atoms with van der Waals surface area (Å²) in [6.45, 7) is 6.05. The Kier molecular flexibility index (Phi) is 6.31. The van der Waals surface area contributed by atoms with Crippen molar-refractivity contribution in [2.75, 3.05) is 33.3 Å². The first-order chi connectivity index (χ1) is 14.1. The molecule has 2 fully saturated rings. The summed E-state index contributed by atoms with van der Waals surface area (Å²) in [6, 6.07) is 17.2. The van der Waals surface area contributed by atoms with Gasteiger partial charge in [0.1, 0.15) is 0 Å². The molecule has 154 valence electrons. The molecule has 2 aliphatic heterocycles. The molecule has 0 aliphatic carbocycles. The fourth-order valence-electron chi connectivity index (χ4n) is 4.64. The van der Waals surface area contributed by atoms with Gasteiger partial charge in [0.15, 0.2) is 0 Å². The summed E-state index contributed by atoms with van der Waals surface area (Å²) in [7, 11) is 1.82. The zero-order valence-electron chi connectivity index (χ0n) is 17.6. The fourth-order valence-corrected chi connectivity index (χ4v) is 4.64. The minimum absolute atomic E-state index is 0.164. The lowest BCUT2D eigenvalue weighted by Crippen LogP contribution is -2.49. The Balaban J connectivity index is 1.32. The maximum absolute atomic E-state index is 13.0. The van der Waals surface area contributed by atoms with Gasteiger partial charge in [0.25, 0.3) is 5.91 Å². The van der Waals surface area contributed by atoms with Gasteiger partial charge >= 0.3 is 0 Å². The first kappa shape index (κ1) is 20.1. The van der Waals surface area contributed by atoms with Gasteiger partial charge in [-0.2, -0.15) is 0 Å². The number of piperidine rings is 2. The van der Waals surface area contributed by atoms with E-state index in [1.807, 2.05) is 24.1 Å². The van der Waals surface area contributed by atoms with Gasteiger partial charge in [-0.15, -0.1) is 0 Å². The van der Waals surface area contributed by atoms with Crippen LogP contribution in [-0.4, -0.2) is 61.1 Å². The number of aryl methyl sites for hydroxylation is 1. The van der Waals surface area contributed by atoms with E-state index in [0.717, 1.165) is 63.0 Å². The monoisotopic (exact) mass is 392 g/mol. The van der Waals surface area contributed by atoms with E-state index in [-0.39, 0.29) is 5.91 Å². The summed E-state index contributed by atoms with van der Waals surface area (Å²) < 4.78 is 5.49. The molecular weight excluding hydrogens is 360 g/mol. The molecule has 0 unspecified atom stereocenters. The summed E-state index contributed by atoms with van der Waals surface area (Å²) in [5, 5.41) is 0. The Morgan fingerprint density at radius 1 is 0.828 bits per heavy atom. The number of nitrogens with zero attached hydrogens (tertiary/aromatic N) is 2. The molecule has 0 aromatic heterocycles. The number of carbonyl (C=O) groups is 1. The Morgan fingerprint density at radius 3 is 1.93 bits per heavy atom. The molecular formula is C25H32N2O2. The van der Waals surface area contributed by atoms with Crippen molar-refractivity contribution in [2.45, 2.75) is 44.8 Å². The summed E-state index contributed by atoms with van der Waals surface area (Å²) >= 11 is 0. The standard InChI is InChI=1S/C25H32N2O2/c1-19-3-5-20(6-4-19)21-7-9-22(10-8-21)25(28)27-15-11-23(12-16-27)26-17-13-24(29-2)14-18-26/h3-10,23-24H,11-18H2,1-2H3. The number of benzene rings is 2. The van der Waals surface area contributed by atoms with Gasteiger partial charge < -0.3 is 14.5 Å². The minimum atomic E-state index is 0.164. The second-order valence-corrected chi connectivity index (χ2v) is 8.44. The van der Waals surface area contributed by atoms with Gasteiger partial charge in [0, 0.05) is 44.9 Å². The average Bonchev–Trinajstić information content (AvgIpc) is 2.79. The van der Waals surface area contributed by atoms with Crippen LogP contribution in [-0.2, 0) is 4.74 Å². The zero-order chi connectivity index (χ0) is 20.2. The Bertz CT molecular complexity index is 800. The number of ether oxygens (including phenoxy) is 1. The molecule has 2 heterocycles. The highest BCUT2D eigenvalue weighted by Gasteiger charge is 2.29. The highest BCUT2D eigenvalue weighted by atomic mass is 16.5. The summed E-state index contributed by atoms with van der Waals surface area (Å²) in [5.74, 6) is 0.164. The molecule has 2 aromatic carbocycles. The van der Waals surface area contributed by atoms with Crippen LogP contribution in [0.1, 0.15) is 41.6 Å². The normalized spacial score (nSPS) is 19.4. The fraction of sp³-hybridized carbons (Fsp3) is 0.480. The van der Waals surface area contributed by atoms with E-state index in [0.29, 0.717) is 12.1 Å². The van der Waals surface area contributed by atoms with Crippen LogP contribution in [0.2, 0.25) is 0 Å². The van der Waals surface area contributed by atoms with Crippen molar-refractivity contribution in [3.63, 3.8) is 0 Å². The predicted octanol–water partition coefficient (Wildman–Crippen LogP) is 4.38. The molecule has 29 heavy (non-hydrogen) atoms. The third-order valence-corrected chi connectivity index (χ3v) is 6.59. The van der Waals surface area contributed by atoms with Gasteiger partial charge in [0.05, 0.1) is 6.10 Å². The van der Waals surface area contributed by atoms with Crippen molar-refractivity contribution in [3.8, 4) is 11.1 Å². The van der Waals surface area contributed by atoms with Crippen LogP contribution in [0.5, 0.6) is 0 Å². The molecule has 4 heteroatoms. The van der Waals surface area contributed by atoms with Crippen LogP contribution in [0.4, 0.5) is 0 Å². The van der Waals surface area contributed by atoms with Crippen LogP contribution in [0, 0.1) is 6.92 Å². The highest BCUT2D eigenvalue weighted by Crippen LogP contribution is 2.24. The molecule has 0 saturated carbocycles. The topological polar surface area (TPSA) is 32.8 Å². The molecule has 0 bridgehead atoms. The van der Waals surface area contributed by atoms with Crippen molar-refractivity contribution < 1.29 is 9.53 Å². The van der Waals surface area contributed by atoms with Crippen LogP contribution in [0.3, 0.4) is 0 Å². The molecule has 0 N–H and O–H groups in total. The van der Waals surface area contributed by atoms with Crippen LogP contribution in [0.25, 0.3) is 11.1 Å². The zero-order valence-corrected chi connectivity index (χ0v) is 17.6. The van der Waals surface area contributed by atoms with Gasteiger partial charge in [-0.3, -0.25) is 4.79 Å². The molecule has 4 nitrogen and oxygen atoms in total. The average molecular weight is 393 g/mol. The third-order valence-electron chi connectivity index (χ3n) is 6.59. The van der Waals surface area contributed by atoms with E-state index in [2.05, 4.69) is 48.2 Å². The van der Waals surface area contributed by atoms with Gasteiger partial charge in [-0.1, -0.05) is 42.0 Å². The smallest absolute Gasteiger partial charge is 0.253 e. The van der Waals surface area contributed by atoms with Crippen molar-refractivity contribution >= 4 is 5.91 Å². The number of methoxy groups -OCH3 is 1. The first-order valence-electron chi connectivity index (χ1n) is 10.9. The molecule has 0 atom stereocenters. The second kappa shape index (κ2) is 9.10. The lowest BCUT2D eigenvalue weighted by molar-refractivity contribution is 0.0145. The second-order valence-electron chi connectivity index (χ2n) is 8.44. The number of carbonyl (C=O) groups excluding carboxylic acids is 1. The molecule has 2 aromatic rings. The van der Waals surface area contributed by atoms with Crippen LogP contribution < -0.4 is 0 Å². The van der Waals surface area contributed by atoms with Crippen molar-refractivity contribution in [3.05, 3.63) is 59.7 Å². The van der Waals surface area contributed by atoms with Crippen molar-refractivity contribution in [2.24, 2.45) is 0 Å². The van der Waals surface area contributed by atoms with E-state index in [1.165, 1.54) is 11.1 Å². The van der Waals surface area contributed by atoms with E-state index in [1.54, 1.807) is 0 Å². The summed E-state index contributed by atoms with van der Waals surface area (Å²) in [5.41, 5.74) is 4.39. The summed E-state index contributed by atoms with van der Waals surface area (Å²) in [4.78, 5) is 17.6. The molecule has 0 spiro atoms. The van der Waals surface area contributed by atoms with E-state index in [4.69, 9.17) is 4.74 Å². The van der Waals surface area contributed by atoms with E-state index in [9.17, 15) is 4.79 Å². The Hall–Kier alpha value is -2.17. The Morgan fingerprint density at radius 2 is 1.38 bits per heavy atom. The van der Waals surface area contributed by atoms with Gasteiger partial charge in [-0.25, -0.2) is 0 Å². The molecule has 4 rings (SSSR count). The molecule has 1 amide bonds. The SMILES string of the molecule is COC1CCN(C2CCN(C(=O)c3ccc(-c4ccc(C)cc4)cc3)CC2)CC1. The van der Waals surface area contributed by atoms with Gasteiger partial charge in [-0.05, 0) is 55.9 Å². The quantitative estimate of drug-likeness (QED) is 0.774. The maximum Gasteiger partial charge on any atom is 0.253 e. The minimum Gasteiger partial charge on any atom is -0.381 e. The lowest BCUT2D eigenvalue weighted by Gasteiger charge is -2.41. The largest absolute Gasteiger partial charge is 0.381 e. The first-order valence-corrected chi connectivity index (χ1v) is 10.9. The Labute approximate surface area is 174 Å². The number of likely N-dealkylation sites (tertiary alicyclic amines) is 2. The van der Waals surface area contributed by atoms with Crippen molar-refractivity contribution in [1.82, 2.24) is 9.80 Å². The number of amides is 1. The van der Waals surface area contributed by atoms with Crippen LogP contribution >= 0.6 is 0 Å². The molecule has 0 radical (unpaired) electrons. The van der Waals surface area contributed by atoms with Crippen molar-refractivity contribution in [1.29, 1.82) is 0 Å². The predicted molar refractivity (Wildman–Crippen MR) is 117 cm³/mol. The maximum atomic E-state index is 13.0. The summed E-state index contributed by atoms with van der Waals surface area (Å²) in [6.07, 6.45) is 4.83.